The van der Waals surface area contributed by atoms with Gasteiger partial charge in [-0.3, -0.25) is 5.73 Å². The van der Waals surface area contributed by atoms with Gasteiger partial charge in [0, 0.05) is 25.3 Å². The molecular weight excluding hydrogens is 336 g/mol. The molecule has 4 rings (SSSR count). The molecular formula is C17H22N6OS. The number of fused-ring (bicyclic) bond motifs is 1. The van der Waals surface area contributed by atoms with E-state index in [0.29, 0.717) is 17.7 Å². The Morgan fingerprint density at radius 2 is 2.16 bits per heavy atom. The summed E-state index contributed by atoms with van der Waals surface area (Å²) in [4.78, 5) is 8.25. The first-order valence-corrected chi connectivity index (χ1v) is 9.24. The molecule has 3 heterocycles. The molecule has 2 aliphatic heterocycles. The number of aromatic nitrogens is 2. The minimum absolute atomic E-state index is 0.357. The second kappa shape index (κ2) is 6.80. The summed E-state index contributed by atoms with van der Waals surface area (Å²) in [5.41, 5.74) is 14.6. The summed E-state index contributed by atoms with van der Waals surface area (Å²) in [6, 6.07) is 8.26. The first-order valence-electron chi connectivity index (χ1n) is 8.42. The summed E-state index contributed by atoms with van der Waals surface area (Å²) in [5.74, 6) is 1.13. The van der Waals surface area contributed by atoms with Gasteiger partial charge in [0.05, 0.1) is 11.0 Å². The maximum absolute atomic E-state index is 6.53. The van der Waals surface area contributed by atoms with Gasteiger partial charge < -0.3 is 21.1 Å². The number of nitrogens with one attached hydrogen (secondary N) is 2. The van der Waals surface area contributed by atoms with E-state index >= 15 is 0 Å². The van der Waals surface area contributed by atoms with E-state index in [4.69, 9.17) is 16.2 Å². The first-order chi connectivity index (χ1) is 12.1. The van der Waals surface area contributed by atoms with Crippen molar-refractivity contribution in [3.05, 3.63) is 41.7 Å². The van der Waals surface area contributed by atoms with Crippen LogP contribution in [0.15, 0.2) is 35.5 Å². The van der Waals surface area contributed by atoms with Crippen molar-refractivity contribution < 1.29 is 4.74 Å². The fraction of sp³-hybridized carbons (Fsp3) is 0.412. The highest BCUT2D eigenvalue weighted by atomic mass is 32.2. The van der Waals surface area contributed by atoms with Crippen molar-refractivity contribution in [2.45, 2.75) is 35.4 Å². The lowest BCUT2D eigenvalue weighted by Crippen LogP contribution is -2.38. The number of nitrogen functional groups attached to an aromatic ring is 1. The first kappa shape index (κ1) is 16.6. The van der Waals surface area contributed by atoms with Crippen LogP contribution in [0.5, 0.6) is 0 Å². The molecule has 0 amide bonds. The molecule has 1 aromatic carbocycles. The van der Waals surface area contributed by atoms with Crippen LogP contribution in [0, 0.1) is 0 Å². The topological polar surface area (TPSA) is 111 Å². The largest absolute Gasteiger partial charge is 0.383 e. The molecule has 1 aromatic heterocycles. The molecule has 1 fully saturated rings. The molecule has 0 spiro atoms. The highest BCUT2D eigenvalue weighted by molar-refractivity contribution is 8.01. The van der Waals surface area contributed by atoms with Crippen LogP contribution in [-0.2, 0) is 16.3 Å². The Labute approximate surface area is 150 Å². The van der Waals surface area contributed by atoms with Gasteiger partial charge in [0.1, 0.15) is 18.0 Å². The molecule has 1 unspecified atom stereocenters. The van der Waals surface area contributed by atoms with Crippen molar-refractivity contribution in [2.24, 2.45) is 5.73 Å². The van der Waals surface area contributed by atoms with E-state index in [2.05, 4.69) is 32.7 Å². The van der Waals surface area contributed by atoms with Crippen LogP contribution >= 0.6 is 11.8 Å². The molecule has 6 N–H and O–H groups in total. The lowest BCUT2D eigenvalue weighted by Gasteiger charge is -2.24. The van der Waals surface area contributed by atoms with Gasteiger partial charge in [0.15, 0.2) is 4.99 Å². The monoisotopic (exact) mass is 358 g/mol. The van der Waals surface area contributed by atoms with Crippen molar-refractivity contribution >= 4 is 23.4 Å². The van der Waals surface area contributed by atoms with Crippen molar-refractivity contribution in [2.75, 3.05) is 24.2 Å². The van der Waals surface area contributed by atoms with Crippen LogP contribution < -0.4 is 22.1 Å². The second-order valence-corrected chi connectivity index (χ2v) is 7.62. The zero-order valence-electron chi connectivity index (χ0n) is 13.9. The Bertz CT molecular complexity index is 749. The average molecular weight is 358 g/mol. The van der Waals surface area contributed by atoms with E-state index in [1.54, 1.807) is 0 Å². The molecule has 132 valence electrons. The summed E-state index contributed by atoms with van der Waals surface area (Å²) < 4.78 is 5.62. The molecule has 2 atom stereocenters. The Kier molecular flexibility index (Phi) is 4.51. The summed E-state index contributed by atoms with van der Waals surface area (Å²) in [6.45, 7) is 2.60. The third kappa shape index (κ3) is 3.43. The zero-order valence-corrected chi connectivity index (χ0v) is 14.7. The van der Waals surface area contributed by atoms with E-state index in [1.807, 2.05) is 12.1 Å². The molecule has 0 aliphatic carbocycles. The second-order valence-electron chi connectivity index (χ2n) is 6.36. The highest BCUT2D eigenvalue weighted by Gasteiger charge is 2.38. The van der Waals surface area contributed by atoms with Crippen LogP contribution in [0.2, 0.25) is 0 Å². The minimum atomic E-state index is -0.782. The molecule has 0 bridgehead atoms. The highest BCUT2D eigenvalue weighted by Crippen LogP contribution is 2.48. The number of anilines is 2. The number of nitrogens with zero attached hydrogens (tertiary/aromatic N) is 2. The van der Waals surface area contributed by atoms with Crippen molar-refractivity contribution in [1.29, 1.82) is 0 Å². The quantitative estimate of drug-likeness (QED) is 0.638. The van der Waals surface area contributed by atoms with Crippen molar-refractivity contribution in [3.63, 3.8) is 0 Å². The summed E-state index contributed by atoms with van der Waals surface area (Å²) in [6.07, 6.45) is 4.12. The number of hydrogen-bond acceptors (Lipinski definition) is 8. The van der Waals surface area contributed by atoms with E-state index < -0.39 is 4.99 Å². The standard InChI is InChI=1S/C17H22N6OS/c18-15-14-16(22-10-21-15)23-17(19,25-14)12-5-3-11(4-6-12)8-20-9-13-2-1-7-24-13/h3-6,10,13,20H,1-2,7-9,19H2,(H3,18,21,22,23)/t13-,17?/m1/s1. The molecule has 8 heteroatoms. The van der Waals surface area contributed by atoms with Gasteiger partial charge in [-0.15, -0.1) is 0 Å². The molecule has 0 radical (unpaired) electrons. The van der Waals surface area contributed by atoms with Gasteiger partial charge in [-0.05, 0) is 18.4 Å². The predicted octanol–water partition coefficient (Wildman–Crippen LogP) is 1.61. The van der Waals surface area contributed by atoms with Crippen LogP contribution in [-0.4, -0.2) is 29.2 Å². The summed E-state index contributed by atoms with van der Waals surface area (Å²) in [5, 5.41) is 6.70. The Morgan fingerprint density at radius 3 is 2.88 bits per heavy atom. The number of ether oxygens (including phenoxy) is 1. The van der Waals surface area contributed by atoms with Gasteiger partial charge in [0.25, 0.3) is 0 Å². The fourth-order valence-electron chi connectivity index (χ4n) is 3.12. The zero-order chi connectivity index (χ0) is 17.3. The SMILES string of the molecule is Nc1ncnc2c1SC(N)(c1ccc(CNC[C@H]3CCCO3)cc1)N2. The number of benzene rings is 1. The van der Waals surface area contributed by atoms with Crippen molar-refractivity contribution in [3.8, 4) is 0 Å². The van der Waals surface area contributed by atoms with Crippen LogP contribution in [0.3, 0.4) is 0 Å². The minimum Gasteiger partial charge on any atom is -0.383 e. The third-order valence-corrected chi connectivity index (χ3v) is 5.77. The van der Waals surface area contributed by atoms with E-state index in [0.717, 1.165) is 36.6 Å². The number of hydrogen-bond donors (Lipinski definition) is 4. The summed E-state index contributed by atoms with van der Waals surface area (Å²) >= 11 is 1.44. The molecule has 2 aromatic rings. The Balaban J connectivity index is 1.39. The van der Waals surface area contributed by atoms with Crippen molar-refractivity contribution in [1.82, 2.24) is 15.3 Å². The maximum Gasteiger partial charge on any atom is 0.167 e. The van der Waals surface area contributed by atoms with Gasteiger partial charge in [-0.2, -0.15) is 0 Å². The van der Waals surface area contributed by atoms with E-state index in [1.165, 1.54) is 30.1 Å². The smallest absolute Gasteiger partial charge is 0.167 e. The average Bonchev–Trinajstić information content (AvgIpc) is 3.24. The fourth-order valence-corrected chi connectivity index (χ4v) is 4.20. The van der Waals surface area contributed by atoms with Crippen LogP contribution in [0.4, 0.5) is 11.6 Å². The third-order valence-electron chi connectivity index (χ3n) is 4.51. The van der Waals surface area contributed by atoms with Crippen LogP contribution in [0.1, 0.15) is 24.0 Å². The Morgan fingerprint density at radius 1 is 1.32 bits per heavy atom. The van der Waals surface area contributed by atoms with E-state index in [-0.39, 0.29) is 0 Å². The molecule has 0 saturated carbocycles. The Hall–Kier alpha value is -1.87. The normalized spacial score (nSPS) is 24.9. The molecule has 7 nitrogen and oxygen atoms in total. The number of rotatable bonds is 5. The molecule has 25 heavy (non-hydrogen) atoms. The lowest BCUT2D eigenvalue weighted by molar-refractivity contribution is 0.110. The summed E-state index contributed by atoms with van der Waals surface area (Å²) in [7, 11) is 0. The predicted molar refractivity (Wildman–Crippen MR) is 98.9 cm³/mol. The van der Waals surface area contributed by atoms with Gasteiger partial charge in [0.2, 0.25) is 0 Å². The van der Waals surface area contributed by atoms with E-state index in [9.17, 15) is 0 Å². The maximum atomic E-state index is 6.53. The van der Waals surface area contributed by atoms with Gasteiger partial charge in [-0.1, -0.05) is 36.0 Å². The van der Waals surface area contributed by atoms with Crippen LogP contribution in [0.25, 0.3) is 0 Å². The number of thioether (sulfide) groups is 1. The molecule has 2 aliphatic rings. The van der Waals surface area contributed by atoms with Gasteiger partial charge >= 0.3 is 0 Å². The molecule has 1 saturated heterocycles. The lowest BCUT2D eigenvalue weighted by atomic mass is 10.1. The number of nitrogens with two attached hydrogens (primary N) is 2. The van der Waals surface area contributed by atoms with Gasteiger partial charge in [-0.25, -0.2) is 9.97 Å².